The summed E-state index contributed by atoms with van der Waals surface area (Å²) in [5, 5.41) is 0. The molecule has 1 unspecified atom stereocenters. The van der Waals surface area contributed by atoms with Crippen LogP contribution < -0.4 is 0 Å². The van der Waals surface area contributed by atoms with Gasteiger partial charge >= 0.3 is 0 Å². The van der Waals surface area contributed by atoms with E-state index in [2.05, 4.69) is 35.8 Å². The normalized spacial score (nSPS) is 20.3. The number of fused-ring (bicyclic) bond motifs is 1. The van der Waals surface area contributed by atoms with Crippen molar-refractivity contribution in [1.82, 2.24) is 0 Å². The number of ketones is 1. The highest BCUT2D eigenvalue weighted by Crippen LogP contribution is 2.35. The van der Waals surface area contributed by atoms with E-state index < -0.39 is 0 Å². The second-order valence-electron chi connectivity index (χ2n) is 4.19. The fourth-order valence-electron chi connectivity index (χ4n) is 2.07. The van der Waals surface area contributed by atoms with Crippen LogP contribution in [0.2, 0.25) is 0 Å². The maximum atomic E-state index is 12.0. The van der Waals surface area contributed by atoms with Gasteiger partial charge in [-0.05, 0) is 24.0 Å². The second kappa shape index (κ2) is 3.50. The van der Waals surface area contributed by atoms with Crippen molar-refractivity contribution in [2.45, 2.75) is 20.3 Å². The summed E-state index contributed by atoms with van der Waals surface area (Å²) < 4.78 is 0.947. The molecule has 0 fully saturated rings. The molecule has 1 nitrogen and oxygen atoms in total. The molecule has 0 amide bonds. The van der Waals surface area contributed by atoms with Crippen LogP contribution in [0.1, 0.15) is 29.8 Å². The third-order valence-electron chi connectivity index (χ3n) is 2.93. The minimum Gasteiger partial charge on any atom is -0.294 e. The first-order valence-electron chi connectivity index (χ1n) is 4.93. The van der Waals surface area contributed by atoms with Gasteiger partial charge in [0.1, 0.15) is 0 Å². The average Bonchev–Trinajstić information content (AvgIpc) is 2.45. The Morgan fingerprint density at radius 2 is 2.14 bits per heavy atom. The SMILES string of the molecule is CC(C)C1Cc2cccc(Br)c2C1=O. The quantitative estimate of drug-likeness (QED) is 0.749. The summed E-state index contributed by atoms with van der Waals surface area (Å²) in [5.41, 5.74) is 2.11. The molecule has 0 aliphatic heterocycles. The fraction of sp³-hybridized carbons (Fsp3) is 0.417. The van der Waals surface area contributed by atoms with Gasteiger partial charge in [0, 0.05) is 16.0 Å². The van der Waals surface area contributed by atoms with Crippen molar-refractivity contribution in [3.63, 3.8) is 0 Å². The zero-order valence-electron chi connectivity index (χ0n) is 8.38. The predicted octanol–water partition coefficient (Wildman–Crippen LogP) is 3.46. The maximum absolute atomic E-state index is 12.0. The van der Waals surface area contributed by atoms with Gasteiger partial charge in [-0.15, -0.1) is 0 Å². The number of hydrogen-bond donors (Lipinski definition) is 0. The van der Waals surface area contributed by atoms with Gasteiger partial charge in [0.05, 0.1) is 0 Å². The van der Waals surface area contributed by atoms with E-state index in [0.717, 1.165) is 16.5 Å². The summed E-state index contributed by atoms with van der Waals surface area (Å²) in [6, 6.07) is 6.00. The van der Waals surface area contributed by atoms with Crippen LogP contribution in [0.3, 0.4) is 0 Å². The molecule has 74 valence electrons. The smallest absolute Gasteiger partial charge is 0.167 e. The molecule has 1 aromatic rings. The number of benzene rings is 1. The molecule has 0 saturated heterocycles. The highest BCUT2D eigenvalue weighted by molar-refractivity contribution is 9.10. The number of hydrogen-bond acceptors (Lipinski definition) is 1. The van der Waals surface area contributed by atoms with Crippen molar-refractivity contribution < 1.29 is 4.79 Å². The number of Topliss-reactive ketones (excluding diaryl/α,β-unsaturated/α-hetero) is 1. The fourth-order valence-corrected chi connectivity index (χ4v) is 2.67. The van der Waals surface area contributed by atoms with Crippen molar-refractivity contribution >= 4 is 21.7 Å². The van der Waals surface area contributed by atoms with E-state index in [4.69, 9.17) is 0 Å². The predicted molar refractivity (Wildman–Crippen MR) is 60.5 cm³/mol. The van der Waals surface area contributed by atoms with Gasteiger partial charge in [0.15, 0.2) is 5.78 Å². The monoisotopic (exact) mass is 252 g/mol. The Kier molecular flexibility index (Phi) is 2.48. The lowest BCUT2D eigenvalue weighted by Crippen LogP contribution is -2.15. The molecular weight excluding hydrogens is 240 g/mol. The highest BCUT2D eigenvalue weighted by atomic mass is 79.9. The summed E-state index contributed by atoms with van der Waals surface area (Å²) in [7, 11) is 0. The molecular formula is C12H13BrO. The van der Waals surface area contributed by atoms with Crippen LogP contribution in [0.4, 0.5) is 0 Å². The van der Waals surface area contributed by atoms with E-state index in [1.807, 2.05) is 12.1 Å². The van der Waals surface area contributed by atoms with E-state index in [9.17, 15) is 4.79 Å². The van der Waals surface area contributed by atoms with E-state index in [0.29, 0.717) is 11.7 Å². The molecule has 1 aromatic carbocycles. The summed E-state index contributed by atoms with van der Waals surface area (Å²) in [5.74, 6) is 0.924. The van der Waals surface area contributed by atoms with E-state index in [1.54, 1.807) is 0 Å². The number of halogens is 1. The van der Waals surface area contributed by atoms with Crippen LogP contribution in [0.25, 0.3) is 0 Å². The lowest BCUT2D eigenvalue weighted by molar-refractivity contribution is 0.0905. The largest absolute Gasteiger partial charge is 0.294 e. The third-order valence-corrected chi connectivity index (χ3v) is 3.59. The Balaban J connectivity index is 2.46. The summed E-state index contributed by atoms with van der Waals surface area (Å²) >= 11 is 3.44. The van der Waals surface area contributed by atoms with Crippen LogP contribution in [-0.2, 0) is 6.42 Å². The zero-order valence-corrected chi connectivity index (χ0v) is 9.97. The van der Waals surface area contributed by atoms with E-state index in [1.165, 1.54) is 5.56 Å². The first-order chi connectivity index (χ1) is 6.61. The van der Waals surface area contributed by atoms with Crippen LogP contribution in [0.15, 0.2) is 22.7 Å². The molecule has 0 saturated carbocycles. The van der Waals surface area contributed by atoms with Crippen molar-refractivity contribution in [1.29, 1.82) is 0 Å². The molecule has 0 heterocycles. The van der Waals surface area contributed by atoms with Gasteiger partial charge in [0.25, 0.3) is 0 Å². The lowest BCUT2D eigenvalue weighted by Gasteiger charge is -2.11. The van der Waals surface area contributed by atoms with Crippen molar-refractivity contribution in [3.8, 4) is 0 Å². The Labute approximate surface area is 92.6 Å². The van der Waals surface area contributed by atoms with Crippen LogP contribution >= 0.6 is 15.9 Å². The second-order valence-corrected chi connectivity index (χ2v) is 5.05. The van der Waals surface area contributed by atoms with Gasteiger partial charge in [-0.2, -0.15) is 0 Å². The molecule has 1 atom stereocenters. The molecule has 0 spiro atoms. The molecule has 0 bridgehead atoms. The maximum Gasteiger partial charge on any atom is 0.167 e. The molecule has 2 rings (SSSR count). The molecule has 2 heteroatoms. The molecule has 14 heavy (non-hydrogen) atoms. The molecule has 1 aliphatic carbocycles. The standard InChI is InChI=1S/C12H13BrO/c1-7(2)9-6-8-4-3-5-10(13)11(8)12(9)14/h3-5,7,9H,6H2,1-2H3. The van der Waals surface area contributed by atoms with E-state index >= 15 is 0 Å². The van der Waals surface area contributed by atoms with Crippen molar-refractivity contribution in [2.24, 2.45) is 11.8 Å². The van der Waals surface area contributed by atoms with Gasteiger partial charge in [-0.1, -0.05) is 41.9 Å². The molecule has 0 radical (unpaired) electrons. The Bertz CT molecular complexity index is 382. The van der Waals surface area contributed by atoms with Crippen molar-refractivity contribution in [2.75, 3.05) is 0 Å². The minimum absolute atomic E-state index is 0.184. The summed E-state index contributed by atoms with van der Waals surface area (Å²) in [4.78, 5) is 12.0. The van der Waals surface area contributed by atoms with Crippen LogP contribution in [0.5, 0.6) is 0 Å². The highest BCUT2D eigenvalue weighted by Gasteiger charge is 2.33. The average molecular weight is 253 g/mol. The Morgan fingerprint density at radius 1 is 1.43 bits per heavy atom. The zero-order chi connectivity index (χ0) is 10.3. The first kappa shape index (κ1) is 9.91. The number of carbonyl (C=O) groups is 1. The van der Waals surface area contributed by atoms with Crippen LogP contribution in [0, 0.1) is 11.8 Å². The Hall–Kier alpha value is -0.630. The van der Waals surface area contributed by atoms with Crippen molar-refractivity contribution in [3.05, 3.63) is 33.8 Å². The van der Waals surface area contributed by atoms with Gasteiger partial charge in [0.2, 0.25) is 0 Å². The molecule has 0 aromatic heterocycles. The van der Waals surface area contributed by atoms with Gasteiger partial charge < -0.3 is 0 Å². The summed E-state index contributed by atoms with van der Waals surface area (Å²) in [6.07, 6.45) is 0.908. The third kappa shape index (κ3) is 1.42. The Morgan fingerprint density at radius 3 is 2.71 bits per heavy atom. The number of carbonyl (C=O) groups excluding carboxylic acids is 1. The molecule has 1 aliphatic rings. The molecule has 0 N–H and O–H groups in total. The van der Waals surface area contributed by atoms with E-state index in [-0.39, 0.29) is 5.92 Å². The first-order valence-corrected chi connectivity index (χ1v) is 5.72. The van der Waals surface area contributed by atoms with Crippen LogP contribution in [-0.4, -0.2) is 5.78 Å². The summed E-state index contributed by atoms with van der Waals surface area (Å²) in [6.45, 7) is 4.23. The number of rotatable bonds is 1. The topological polar surface area (TPSA) is 17.1 Å². The minimum atomic E-state index is 0.184. The lowest BCUT2D eigenvalue weighted by atomic mass is 9.92. The van der Waals surface area contributed by atoms with Gasteiger partial charge in [-0.25, -0.2) is 0 Å². The van der Waals surface area contributed by atoms with Gasteiger partial charge in [-0.3, -0.25) is 4.79 Å².